The Kier molecular flexibility index (Phi) is 5.82. The summed E-state index contributed by atoms with van der Waals surface area (Å²) in [6.45, 7) is 3.66. The first-order valence-electron chi connectivity index (χ1n) is 5.95. The number of nitrogens with zero attached hydrogens (tertiary/aromatic N) is 1. The first kappa shape index (κ1) is 15.5. The Hall–Kier alpha value is -1.56. The number of hydrogen-bond acceptors (Lipinski definition) is 4. The number of carbonyl (C=O) groups is 2. The van der Waals surface area contributed by atoms with Crippen LogP contribution in [-0.2, 0) is 9.59 Å². The lowest BCUT2D eigenvalue weighted by Gasteiger charge is -2.18. The van der Waals surface area contributed by atoms with Crippen LogP contribution >= 0.6 is 11.8 Å². The number of carboxylic acid groups (broad SMARTS) is 1. The van der Waals surface area contributed by atoms with Gasteiger partial charge in [0, 0.05) is 23.8 Å². The molecular formula is C13H18N2O3S. The maximum absolute atomic E-state index is 11.6. The molecule has 1 aromatic heterocycles. The van der Waals surface area contributed by atoms with E-state index in [-0.39, 0.29) is 5.91 Å². The van der Waals surface area contributed by atoms with E-state index in [0.29, 0.717) is 18.7 Å². The van der Waals surface area contributed by atoms with Crippen LogP contribution in [0.3, 0.4) is 0 Å². The summed E-state index contributed by atoms with van der Waals surface area (Å²) in [5, 5.41) is 11.7. The third-order valence-corrected chi connectivity index (χ3v) is 3.68. The van der Waals surface area contributed by atoms with E-state index < -0.39 is 11.4 Å². The van der Waals surface area contributed by atoms with Gasteiger partial charge in [-0.3, -0.25) is 14.6 Å². The van der Waals surface area contributed by atoms with Gasteiger partial charge in [0.25, 0.3) is 0 Å². The monoisotopic (exact) mass is 282 g/mol. The lowest BCUT2D eigenvalue weighted by atomic mass is 9.90. The maximum atomic E-state index is 11.6. The molecule has 5 nitrogen and oxygen atoms in total. The number of rotatable bonds is 7. The molecule has 0 aromatic carbocycles. The average Bonchev–Trinajstić information content (AvgIpc) is 2.37. The van der Waals surface area contributed by atoms with Crippen LogP contribution in [0.4, 0.5) is 0 Å². The fourth-order valence-electron chi connectivity index (χ4n) is 1.26. The highest BCUT2D eigenvalue weighted by molar-refractivity contribution is 8.00. The quantitative estimate of drug-likeness (QED) is 0.745. The number of aliphatic carboxylic acids is 1. The highest BCUT2D eigenvalue weighted by atomic mass is 32.2. The Morgan fingerprint density at radius 2 is 2.00 bits per heavy atom. The van der Waals surface area contributed by atoms with Gasteiger partial charge in [-0.15, -0.1) is 11.8 Å². The second kappa shape index (κ2) is 7.13. The van der Waals surface area contributed by atoms with Crippen LogP contribution < -0.4 is 5.32 Å². The summed E-state index contributed by atoms with van der Waals surface area (Å²) in [4.78, 5) is 27.3. The standard InChI is InChI=1S/C13H18N2O3S/c1-13(2,12(17)18)5-8-15-11(16)9-19-10-3-6-14-7-4-10/h3-4,6-7H,5,8-9H2,1-2H3,(H,15,16)(H,17,18). The molecule has 0 radical (unpaired) electrons. The molecule has 1 amide bonds. The minimum Gasteiger partial charge on any atom is -0.481 e. The fraction of sp³-hybridized carbons (Fsp3) is 0.462. The van der Waals surface area contributed by atoms with Gasteiger partial charge in [-0.05, 0) is 32.4 Å². The molecule has 1 aromatic rings. The first-order valence-corrected chi connectivity index (χ1v) is 6.93. The van der Waals surface area contributed by atoms with Crippen molar-refractivity contribution in [3.8, 4) is 0 Å². The minimum absolute atomic E-state index is 0.0944. The molecule has 0 atom stereocenters. The van der Waals surface area contributed by atoms with Gasteiger partial charge in [-0.25, -0.2) is 0 Å². The van der Waals surface area contributed by atoms with Gasteiger partial charge in [-0.1, -0.05) is 0 Å². The second-order valence-electron chi connectivity index (χ2n) is 4.76. The third kappa shape index (κ3) is 5.74. The van der Waals surface area contributed by atoms with Crippen molar-refractivity contribution in [3.63, 3.8) is 0 Å². The molecule has 0 unspecified atom stereocenters. The zero-order valence-electron chi connectivity index (χ0n) is 11.0. The molecule has 6 heteroatoms. The molecule has 0 bridgehead atoms. The van der Waals surface area contributed by atoms with Gasteiger partial charge < -0.3 is 10.4 Å². The van der Waals surface area contributed by atoms with Gasteiger partial charge in [0.2, 0.25) is 5.91 Å². The molecule has 0 saturated carbocycles. The van der Waals surface area contributed by atoms with Crippen LogP contribution in [0.2, 0.25) is 0 Å². The molecule has 104 valence electrons. The van der Waals surface area contributed by atoms with Crippen molar-refractivity contribution in [3.05, 3.63) is 24.5 Å². The van der Waals surface area contributed by atoms with E-state index in [9.17, 15) is 9.59 Å². The summed E-state index contributed by atoms with van der Waals surface area (Å²) in [7, 11) is 0. The smallest absolute Gasteiger partial charge is 0.309 e. The molecule has 0 saturated heterocycles. The van der Waals surface area contributed by atoms with E-state index >= 15 is 0 Å². The Morgan fingerprint density at radius 3 is 2.58 bits per heavy atom. The number of thioether (sulfide) groups is 1. The largest absolute Gasteiger partial charge is 0.481 e. The topological polar surface area (TPSA) is 79.3 Å². The van der Waals surface area contributed by atoms with Gasteiger partial charge >= 0.3 is 5.97 Å². The van der Waals surface area contributed by atoms with Crippen LogP contribution in [0, 0.1) is 5.41 Å². The first-order chi connectivity index (χ1) is 8.92. The van der Waals surface area contributed by atoms with Gasteiger partial charge in [0.05, 0.1) is 11.2 Å². The van der Waals surface area contributed by atoms with Crippen molar-refractivity contribution < 1.29 is 14.7 Å². The van der Waals surface area contributed by atoms with Crippen LogP contribution in [0.25, 0.3) is 0 Å². The number of nitrogens with one attached hydrogen (secondary N) is 1. The lowest BCUT2D eigenvalue weighted by molar-refractivity contribution is -0.147. The molecule has 2 N–H and O–H groups in total. The predicted octanol–water partition coefficient (Wildman–Crippen LogP) is 1.79. The Labute approximate surface area is 116 Å². The van der Waals surface area contributed by atoms with Crippen LogP contribution in [-0.4, -0.2) is 34.3 Å². The number of hydrogen-bond donors (Lipinski definition) is 2. The van der Waals surface area contributed by atoms with Crippen LogP contribution in [0.15, 0.2) is 29.4 Å². The van der Waals surface area contributed by atoms with E-state index in [1.807, 2.05) is 12.1 Å². The number of carboxylic acids is 1. The molecule has 0 aliphatic heterocycles. The van der Waals surface area contributed by atoms with Crippen molar-refractivity contribution >= 4 is 23.6 Å². The van der Waals surface area contributed by atoms with Crippen molar-refractivity contribution in [1.82, 2.24) is 10.3 Å². The van der Waals surface area contributed by atoms with Crippen molar-refractivity contribution in [1.29, 1.82) is 0 Å². The zero-order valence-corrected chi connectivity index (χ0v) is 11.9. The minimum atomic E-state index is -0.854. The molecule has 0 aliphatic rings. The fourth-order valence-corrected chi connectivity index (χ4v) is 1.97. The number of pyridine rings is 1. The predicted molar refractivity (Wildman–Crippen MR) is 74.0 cm³/mol. The molecule has 0 spiro atoms. The summed E-state index contributed by atoms with van der Waals surface area (Å²) < 4.78 is 0. The van der Waals surface area contributed by atoms with E-state index in [0.717, 1.165) is 4.90 Å². The number of amides is 1. The summed E-state index contributed by atoms with van der Waals surface area (Å²) in [6.07, 6.45) is 3.76. The molecule has 0 aliphatic carbocycles. The Balaban J connectivity index is 2.24. The lowest BCUT2D eigenvalue weighted by Crippen LogP contribution is -2.32. The Bertz CT molecular complexity index is 435. The van der Waals surface area contributed by atoms with E-state index in [1.54, 1.807) is 26.2 Å². The second-order valence-corrected chi connectivity index (χ2v) is 5.81. The third-order valence-electron chi connectivity index (χ3n) is 2.67. The molecule has 1 heterocycles. The molecule has 19 heavy (non-hydrogen) atoms. The van der Waals surface area contributed by atoms with E-state index in [4.69, 9.17) is 5.11 Å². The molecular weight excluding hydrogens is 264 g/mol. The van der Waals surface area contributed by atoms with Crippen LogP contribution in [0.5, 0.6) is 0 Å². The Morgan fingerprint density at radius 1 is 1.37 bits per heavy atom. The molecule has 0 fully saturated rings. The normalized spacial score (nSPS) is 11.1. The zero-order chi connectivity index (χ0) is 14.3. The summed E-state index contributed by atoms with van der Waals surface area (Å²) in [5.41, 5.74) is -0.814. The number of carbonyl (C=O) groups excluding carboxylic acids is 1. The van der Waals surface area contributed by atoms with E-state index in [2.05, 4.69) is 10.3 Å². The van der Waals surface area contributed by atoms with E-state index in [1.165, 1.54) is 11.8 Å². The highest BCUT2D eigenvalue weighted by Gasteiger charge is 2.26. The van der Waals surface area contributed by atoms with Crippen molar-refractivity contribution in [2.45, 2.75) is 25.2 Å². The SMILES string of the molecule is CC(C)(CCNC(=O)CSc1ccncc1)C(=O)O. The maximum Gasteiger partial charge on any atom is 0.309 e. The summed E-state index contributed by atoms with van der Waals surface area (Å²) >= 11 is 1.42. The van der Waals surface area contributed by atoms with Crippen LogP contribution in [0.1, 0.15) is 20.3 Å². The summed E-state index contributed by atoms with van der Waals surface area (Å²) in [6, 6.07) is 3.68. The van der Waals surface area contributed by atoms with Gasteiger partial charge in [0.15, 0.2) is 0 Å². The average molecular weight is 282 g/mol. The summed E-state index contributed by atoms with van der Waals surface area (Å²) in [5.74, 6) is -0.631. The highest BCUT2D eigenvalue weighted by Crippen LogP contribution is 2.19. The van der Waals surface area contributed by atoms with Gasteiger partial charge in [0.1, 0.15) is 0 Å². The number of aromatic nitrogens is 1. The van der Waals surface area contributed by atoms with Crippen molar-refractivity contribution in [2.75, 3.05) is 12.3 Å². The van der Waals surface area contributed by atoms with Crippen molar-refractivity contribution in [2.24, 2.45) is 5.41 Å². The van der Waals surface area contributed by atoms with Gasteiger partial charge in [-0.2, -0.15) is 0 Å². The molecule has 1 rings (SSSR count).